The lowest BCUT2D eigenvalue weighted by Crippen LogP contribution is -2.32. The highest BCUT2D eigenvalue weighted by molar-refractivity contribution is 7.99. The lowest BCUT2D eigenvalue weighted by molar-refractivity contribution is -0.119. The number of carbonyl (C=O) groups excluding carboxylic acids is 1. The average Bonchev–Trinajstić information content (AvgIpc) is 3.51. The fourth-order valence-electron chi connectivity index (χ4n) is 3.51. The molecule has 1 amide bonds. The third-order valence-electron chi connectivity index (χ3n) is 5.14. The topological polar surface area (TPSA) is 87.5 Å². The van der Waals surface area contributed by atoms with E-state index in [1.54, 1.807) is 20.3 Å². The van der Waals surface area contributed by atoms with Gasteiger partial charge in [0.2, 0.25) is 5.91 Å². The molecule has 0 radical (unpaired) electrons. The third kappa shape index (κ3) is 5.23. The number of hydrogen-bond acceptors (Lipinski definition) is 7. The van der Waals surface area contributed by atoms with Gasteiger partial charge < -0.3 is 19.5 Å². The first kappa shape index (κ1) is 22.2. The van der Waals surface area contributed by atoms with Crippen molar-refractivity contribution in [2.45, 2.75) is 24.1 Å². The van der Waals surface area contributed by atoms with Crippen molar-refractivity contribution in [3.63, 3.8) is 0 Å². The van der Waals surface area contributed by atoms with Crippen LogP contribution in [0.25, 0.3) is 17.1 Å². The molecule has 1 N–H and O–H groups in total. The van der Waals surface area contributed by atoms with E-state index in [1.807, 2.05) is 47.0 Å². The molecule has 1 atom stereocenters. The van der Waals surface area contributed by atoms with Gasteiger partial charge in [-0.15, -0.1) is 10.2 Å². The van der Waals surface area contributed by atoms with Gasteiger partial charge in [-0.3, -0.25) is 9.36 Å². The van der Waals surface area contributed by atoms with Gasteiger partial charge in [0.15, 0.2) is 11.0 Å². The molecule has 9 heteroatoms. The first-order valence-electron chi connectivity index (χ1n) is 10.4. The number of ether oxygens (including phenoxy) is 3. The van der Waals surface area contributed by atoms with Crippen molar-refractivity contribution in [1.82, 2.24) is 20.1 Å². The van der Waals surface area contributed by atoms with Crippen molar-refractivity contribution in [3.05, 3.63) is 48.5 Å². The summed E-state index contributed by atoms with van der Waals surface area (Å²) in [6.45, 7) is 1.31. The predicted octanol–water partition coefficient (Wildman–Crippen LogP) is 3.34. The summed E-state index contributed by atoms with van der Waals surface area (Å²) in [6.07, 6.45) is 2.16. The molecule has 2 heterocycles. The van der Waals surface area contributed by atoms with E-state index in [0.29, 0.717) is 29.0 Å². The normalized spacial score (nSPS) is 15.5. The molecule has 0 bridgehead atoms. The number of carbonyl (C=O) groups is 1. The molecule has 32 heavy (non-hydrogen) atoms. The van der Waals surface area contributed by atoms with E-state index in [-0.39, 0.29) is 17.8 Å². The Morgan fingerprint density at radius 2 is 1.91 bits per heavy atom. The molecule has 1 saturated heterocycles. The fourth-order valence-corrected chi connectivity index (χ4v) is 4.29. The summed E-state index contributed by atoms with van der Waals surface area (Å²) >= 11 is 1.34. The van der Waals surface area contributed by atoms with Crippen molar-refractivity contribution >= 4 is 17.7 Å². The molecule has 2 aromatic carbocycles. The minimum absolute atomic E-state index is 0.0577. The van der Waals surface area contributed by atoms with Gasteiger partial charge >= 0.3 is 0 Å². The first-order valence-corrected chi connectivity index (χ1v) is 11.4. The van der Waals surface area contributed by atoms with Crippen LogP contribution in [0.5, 0.6) is 11.5 Å². The van der Waals surface area contributed by atoms with Gasteiger partial charge in [0.25, 0.3) is 0 Å². The molecule has 1 unspecified atom stereocenters. The standard InChI is InChI=1S/C23H26N4O4S/c1-29-19-11-16(12-20(13-19)30-2)22-25-26-23(27(22)17-7-4-3-5-8-17)32-15-21(28)24-14-18-9-6-10-31-18/h3-5,7-8,11-13,18H,6,9-10,14-15H2,1-2H3,(H,24,28). The Hall–Kier alpha value is -3.04. The highest BCUT2D eigenvalue weighted by Crippen LogP contribution is 2.32. The van der Waals surface area contributed by atoms with E-state index < -0.39 is 0 Å². The van der Waals surface area contributed by atoms with Crippen LogP contribution in [-0.4, -0.2) is 59.9 Å². The van der Waals surface area contributed by atoms with Crippen LogP contribution in [0.15, 0.2) is 53.7 Å². The van der Waals surface area contributed by atoms with Gasteiger partial charge in [-0.1, -0.05) is 30.0 Å². The third-order valence-corrected chi connectivity index (χ3v) is 6.07. The van der Waals surface area contributed by atoms with Gasteiger partial charge in [0.1, 0.15) is 11.5 Å². The maximum absolute atomic E-state index is 12.4. The molecule has 0 spiro atoms. The first-order chi connectivity index (χ1) is 15.7. The van der Waals surface area contributed by atoms with E-state index in [1.165, 1.54) is 11.8 Å². The van der Waals surface area contributed by atoms with Gasteiger partial charge in [-0.25, -0.2) is 0 Å². The summed E-state index contributed by atoms with van der Waals surface area (Å²) in [6, 6.07) is 15.4. The largest absolute Gasteiger partial charge is 0.497 e. The zero-order valence-electron chi connectivity index (χ0n) is 18.1. The van der Waals surface area contributed by atoms with Crippen LogP contribution in [0, 0.1) is 0 Å². The molecule has 1 aliphatic heterocycles. The Morgan fingerprint density at radius 1 is 1.16 bits per heavy atom. The maximum atomic E-state index is 12.4. The number of nitrogens with zero attached hydrogens (tertiary/aromatic N) is 3. The molecule has 168 valence electrons. The average molecular weight is 455 g/mol. The monoisotopic (exact) mass is 454 g/mol. The summed E-state index contributed by atoms with van der Waals surface area (Å²) in [5.41, 5.74) is 1.70. The molecular weight excluding hydrogens is 428 g/mol. The molecule has 4 rings (SSSR count). The van der Waals surface area contributed by atoms with Crippen LogP contribution in [0.3, 0.4) is 0 Å². The van der Waals surface area contributed by atoms with E-state index in [9.17, 15) is 4.79 Å². The number of methoxy groups -OCH3 is 2. The van der Waals surface area contributed by atoms with E-state index in [0.717, 1.165) is 30.7 Å². The van der Waals surface area contributed by atoms with Crippen molar-refractivity contribution in [2.24, 2.45) is 0 Å². The lowest BCUT2D eigenvalue weighted by Gasteiger charge is -2.13. The van der Waals surface area contributed by atoms with Crippen LogP contribution >= 0.6 is 11.8 Å². The van der Waals surface area contributed by atoms with Gasteiger partial charge in [-0.05, 0) is 37.1 Å². The van der Waals surface area contributed by atoms with Crippen molar-refractivity contribution in [1.29, 1.82) is 0 Å². The number of thioether (sulfide) groups is 1. The minimum atomic E-state index is -0.0577. The Kier molecular flexibility index (Phi) is 7.28. The van der Waals surface area contributed by atoms with E-state index in [4.69, 9.17) is 14.2 Å². The molecule has 0 aliphatic carbocycles. The minimum Gasteiger partial charge on any atom is -0.497 e. The van der Waals surface area contributed by atoms with Crippen molar-refractivity contribution < 1.29 is 19.0 Å². The quantitative estimate of drug-likeness (QED) is 0.496. The number of nitrogens with one attached hydrogen (secondary N) is 1. The lowest BCUT2D eigenvalue weighted by atomic mass is 10.2. The summed E-state index contributed by atoms with van der Waals surface area (Å²) in [7, 11) is 3.22. The van der Waals surface area contributed by atoms with Crippen LogP contribution in [0.2, 0.25) is 0 Å². The Balaban J connectivity index is 1.58. The fraction of sp³-hybridized carbons (Fsp3) is 0.348. The molecule has 1 aromatic heterocycles. The molecule has 0 saturated carbocycles. The predicted molar refractivity (Wildman–Crippen MR) is 123 cm³/mol. The second kappa shape index (κ2) is 10.5. The summed E-state index contributed by atoms with van der Waals surface area (Å²) in [5, 5.41) is 12.4. The Labute approximate surface area is 191 Å². The SMILES string of the molecule is COc1cc(OC)cc(-c2nnc(SCC(=O)NCC3CCCO3)n2-c2ccccc2)c1. The van der Waals surface area contributed by atoms with Crippen LogP contribution in [0.1, 0.15) is 12.8 Å². The summed E-state index contributed by atoms with van der Waals surface area (Å²) in [5.74, 6) is 2.13. The number of hydrogen-bond donors (Lipinski definition) is 1. The number of aromatic nitrogens is 3. The zero-order valence-corrected chi connectivity index (χ0v) is 18.9. The van der Waals surface area contributed by atoms with Gasteiger partial charge in [-0.2, -0.15) is 0 Å². The second-order valence-electron chi connectivity index (χ2n) is 7.31. The number of para-hydroxylation sites is 1. The van der Waals surface area contributed by atoms with Crippen molar-refractivity contribution in [2.75, 3.05) is 33.1 Å². The van der Waals surface area contributed by atoms with Gasteiger partial charge in [0, 0.05) is 30.5 Å². The second-order valence-corrected chi connectivity index (χ2v) is 8.25. The number of benzene rings is 2. The Bertz CT molecular complexity index is 1030. The van der Waals surface area contributed by atoms with E-state index in [2.05, 4.69) is 15.5 Å². The molecule has 1 fully saturated rings. The van der Waals surface area contributed by atoms with Gasteiger partial charge in [0.05, 0.1) is 26.1 Å². The molecule has 3 aromatic rings. The maximum Gasteiger partial charge on any atom is 0.230 e. The molecular formula is C23H26N4O4S. The Morgan fingerprint density at radius 3 is 2.56 bits per heavy atom. The number of rotatable bonds is 9. The van der Waals surface area contributed by atoms with Crippen LogP contribution in [0.4, 0.5) is 0 Å². The van der Waals surface area contributed by atoms with Crippen LogP contribution in [-0.2, 0) is 9.53 Å². The molecule has 8 nitrogen and oxygen atoms in total. The van der Waals surface area contributed by atoms with Crippen LogP contribution < -0.4 is 14.8 Å². The highest BCUT2D eigenvalue weighted by Gasteiger charge is 2.20. The number of amides is 1. The smallest absolute Gasteiger partial charge is 0.230 e. The highest BCUT2D eigenvalue weighted by atomic mass is 32.2. The van der Waals surface area contributed by atoms with Crippen molar-refractivity contribution in [3.8, 4) is 28.6 Å². The summed E-state index contributed by atoms with van der Waals surface area (Å²) < 4.78 is 18.3. The molecule has 1 aliphatic rings. The zero-order chi connectivity index (χ0) is 22.3. The summed E-state index contributed by atoms with van der Waals surface area (Å²) in [4.78, 5) is 12.4. The van der Waals surface area contributed by atoms with E-state index >= 15 is 0 Å².